The summed E-state index contributed by atoms with van der Waals surface area (Å²) in [5.41, 5.74) is 5.86. The number of hydrogen-bond donors (Lipinski definition) is 1. The van der Waals surface area contributed by atoms with Crippen LogP contribution in [-0.2, 0) is 25.4 Å². The van der Waals surface area contributed by atoms with E-state index in [-0.39, 0.29) is 23.8 Å². The third-order valence-electron chi connectivity index (χ3n) is 5.45. The highest BCUT2D eigenvalue weighted by molar-refractivity contribution is 5.77. The van der Waals surface area contributed by atoms with Gasteiger partial charge in [0.2, 0.25) is 5.91 Å². The summed E-state index contributed by atoms with van der Waals surface area (Å²) in [6.07, 6.45) is 2.56. The molecule has 9 heteroatoms. The number of aryl methyl sites for hydroxylation is 2. The Bertz CT molecular complexity index is 967. The molecule has 1 amide bonds. The van der Waals surface area contributed by atoms with Gasteiger partial charge in [0.25, 0.3) is 5.56 Å². The van der Waals surface area contributed by atoms with E-state index in [2.05, 4.69) is 18.8 Å². The summed E-state index contributed by atoms with van der Waals surface area (Å²) in [6, 6.07) is 0.0912. The van der Waals surface area contributed by atoms with E-state index in [1.165, 1.54) is 17.9 Å². The van der Waals surface area contributed by atoms with Gasteiger partial charge in [-0.15, -0.1) is 0 Å². The van der Waals surface area contributed by atoms with Crippen LogP contribution >= 0.6 is 0 Å². The van der Waals surface area contributed by atoms with Crippen LogP contribution in [0.15, 0.2) is 15.9 Å². The second-order valence-corrected chi connectivity index (χ2v) is 7.76. The molecule has 0 spiro atoms. The summed E-state index contributed by atoms with van der Waals surface area (Å²) < 4.78 is 4.04. The molecule has 0 saturated carbocycles. The summed E-state index contributed by atoms with van der Waals surface area (Å²) in [5, 5.41) is 0. The number of fused-ring (bicyclic) bond motifs is 1. The molecule has 1 atom stereocenters. The van der Waals surface area contributed by atoms with Crippen LogP contribution in [0, 0.1) is 5.41 Å². The van der Waals surface area contributed by atoms with E-state index >= 15 is 0 Å². The van der Waals surface area contributed by atoms with Crippen LogP contribution in [0.5, 0.6) is 0 Å². The van der Waals surface area contributed by atoms with Gasteiger partial charge in [-0.2, -0.15) is 0 Å². The van der Waals surface area contributed by atoms with Crippen molar-refractivity contribution < 1.29 is 4.79 Å². The Kier molecular flexibility index (Phi) is 4.51. The fourth-order valence-electron chi connectivity index (χ4n) is 3.53. The fraction of sp³-hybridized carbons (Fsp3) is 0.647. The van der Waals surface area contributed by atoms with E-state index in [4.69, 9.17) is 5.73 Å². The summed E-state index contributed by atoms with van der Waals surface area (Å²) >= 11 is 0. The predicted molar refractivity (Wildman–Crippen MR) is 97.8 cm³/mol. The molecule has 2 aromatic rings. The van der Waals surface area contributed by atoms with Gasteiger partial charge in [-0.1, -0.05) is 13.8 Å². The third kappa shape index (κ3) is 2.96. The molecule has 2 aromatic heterocycles. The standard InChI is InChI=1S/C17H26N6O3/c1-17(2)9-22(7-5-11(17)18)12(24)6-8-23-10-19-14-13(23)15(25)21(4)16(26)20(14)3/h10-11H,5-9,18H2,1-4H3. The lowest BCUT2D eigenvalue weighted by molar-refractivity contribution is -0.134. The van der Waals surface area contributed by atoms with Gasteiger partial charge in [0.05, 0.1) is 6.33 Å². The number of aromatic nitrogens is 4. The smallest absolute Gasteiger partial charge is 0.332 e. The van der Waals surface area contributed by atoms with Crippen LogP contribution in [0.25, 0.3) is 11.2 Å². The number of hydrogen-bond acceptors (Lipinski definition) is 5. The number of nitrogens with two attached hydrogens (primary N) is 1. The SMILES string of the molecule is Cn1c(=O)c2c(ncn2CCC(=O)N2CCC(N)C(C)(C)C2)n(C)c1=O. The summed E-state index contributed by atoms with van der Waals surface area (Å²) in [6.45, 7) is 5.78. The molecule has 9 nitrogen and oxygen atoms in total. The third-order valence-corrected chi connectivity index (χ3v) is 5.45. The quantitative estimate of drug-likeness (QED) is 0.785. The first kappa shape index (κ1) is 18.4. The molecule has 3 heterocycles. The average Bonchev–Trinajstić information content (AvgIpc) is 3.02. The Morgan fingerprint density at radius 2 is 2.00 bits per heavy atom. The minimum atomic E-state index is -0.421. The van der Waals surface area contributed by atoms with Crippen molar-refractivity contribution in [2.75, 3.05) is 13.1 Å². The first-order valence-electron chi connectivity index (χ1n) is 8.77. The molecule has 0 radical (unpaired) electrons. The van der Waals surface area contributed by atoms with Crippen LogP contribution in [0.4, 0.5) is 0 Å². The van der Waals surface area contributed by atoms with Crippen LogP contribution in [0.1, 0.15) is 26.7 Å². The number of amides is 1. The Labute approximate surface area is 151 Å². The second-order valence-electron chi connectivity index (χ2n) is 7.76. The van der Waals surface area contributed by atoms with Crippen molar-refractivity contribution >= 4 is 17.1 Å². The van der Waals surface area contributed by atoms with Crippen LogP contribution in [-0.4, -0.2) is 48.6 Å². The number of nitrogens with zero attached hydrogens (tertiary/aromatic N) is 5. The maximum Gasteiger partial charge on any atom is 0.332 e. The molecule has 1 aliphatic rings. The lowest BCUT2D eigenvalue weighted by Crippen LogP contribution is -2.54. The minimum Gasteiger partial charge on any atom is -0.342 e. The van der Waals surface area contributed by atoms with E-state index < -0.39 is 11.2 Å². The van der Waals surface area contributed by atoms with Crippen molar-refractivity contribution in [3.8, 4) is 0 Å². The van der Waals surface area contributed by atoms with Crippen LogP contribution < -0.4 is 17.0 Å². The monoisotopic (exact) mass is 362 g/mol. The average molecular weight is 362 g/mol. The first-order valence-corrected chi connectivity index (χ1v) is 8.77. The molecule has 2 N–H and O–H groups in total. The van der Waals surface area contributed by atoms with Gasteiger partial charge in [-0.3, -0.25) is 18.7 Å². The molecule has 0 aliphatic carbocycles. The summed E-state index contributed by atoms with van der Waals surface area (Å²) in [7, 11) is 3.01. The van der Waals surface area contributed by atoms with Gasteiger partial charge >= 0.3 is 5.69 Å². The van der Waals surface area contributed by atoms with Crippen molar-refractivity contribution in [1.29, 1.82) is 0 Å². The molecule has 0 aromatic carbocycles. The normalized spacial score (nSPS) is 19.9. The zero-order valence-corrected chi connectivity index (χ0v) is 15.7. The van der Waals surface area contributed by atoms with E-state index in [0.29, 0.717) is 30.8 Å². The lowest BCUT2D eigenvalue weighted by atomic mass is 9.79. The molecule has 1 saturated heterocycles. The van der Waals surface area contributed by atoms with Gasteiger partial charge in [0.1, 0.15) is 0 Å². The molecule has 142 valence electrons. The number of carbonyl (C=O) groups is 1. The predicted octanol–water partition coefficient (Wildman–Crippen LogP) is -0.590. The van der Waals surface area contributed by atoms with Gasteiger partial charge in [0.15, 0.2) is 11.2 Å². The summed E-state index contributed by atoms with van der Waals surface area (Å²) in [4.78, 5) is 43.0. The first-order chi connectivity index (χ1) is 12.1. The van der Waals surface area contributed by atoms with E-state index in [1.54, 1.807) is 11.6 Å². The van der Waals surface area contributed by atoms with Gasteiger partial charge < -0.3 is 15.2 Å². The van der Waals surface area contributed by atoms with Crippen molar-refractivity contribution in [3.63, 3.8) is 0 Å². The number of carbonyl (C=O) groups excluding carboxylic acids is 1. The summed E-state index contributed by atoms with van der Waals surface area (Å²) in [5.74, 6) is 0.0356. The lowest BCUT2D eigenvalue weighted by Gasteiger charge is -2.42. The molecule has 1 unspecified atom stereocenters. The molecular weight excluding hydrogens is 336 g/mol. The Balaban J connectivity index is 1.80. The maximum atomic E-state index is 12.6. The van der Waals surface area contributed by atoms with E-state index in [1.807, 2.05) is 4.90 Å². The fourth-order valence-corrected chi connectivity index (χ4v) is 3.53. The van der Waals surface area contributed by atoms with Crippen molar-refractivity contribution in [3.05, 3.63) is 27.2 Å². The minimum absolute atomic E-state index is 0.0356. The van der Waals surface area contributed by atoms with E-state index in [0.717, 1.165) is 11.0 Å². The van der Waals surface area contributed by atoms with Crippen LogP contribution in [0.3, 0.4) is 0 Å². The molecule has 26 heavy (non-hydrogen) atoms. The topological polar surface area (TPSA) is 108 Å². The van der Waals surface area contributed by atoms with Gasteiger partial charge in [-0.25, -0.2) is 9.78 Å². The Morgan fingerprint density at radius 1 is 1.31 bits per heavy atom. The maximum absolute atomic E-state index is 12.6. The molecule has 1 aliphatic heterocycles. The van der Waals surface area contributed by atoms with Gasteiger partial charge in [-0.05, 0) is 11.8 Å². The number of rotatable bonds is 3. The van der Waals surface area contributed by atoms with Crippen LogP contribution in [0.2, 0.25) is 0 Å². The molecule has 0 bridgehead atoms. The molecule has 3 rings (SSSR count). The number of piperidine rings is 1. The zero-order valence-electron chi connectivity index (χ0n) is 15.7. The van der Waals surface area contributed by atoms with Crippen molar-refractivity contribution in [2.45, 2.75) is 39.3 Å². The molecular formula is C17H26N6O3. The number of likely N-dealkylation sites (tertiary alicyclic amines) is 1. The Hall–Kier alpha value is -2.42. The second kappa shape index (κ2) is 6.39. The van der Waals surface area contributed by atoms with Crippen molar-refractivity contribution in [1.82, 2.24) is 23.6 Å². The highest BCUT2D eigenvalue weighted by Gasteiger charge is 2.35. The zero-order chi connectivity index (χ0) is 19.2. The number of imidazole rings is 1. The largest absolute Gasteiger partial charge is 0.342 e. The van der Waals surface area contributed by atoms with Gasteiger partial charge in [0, 0.05) is 46.2 Å². The van der Waals surface area contributed by atoms with E-state index in [9.17, 15) is 14.4 Å². The van der Waals surface area contributed by atoms with Crippen molar-refractivity contribution in [2.24, 2.45) is 25.2 Å². The Morgan fingerprint density at radius 3 is 2.65 bits per heavy atom. The molecule has 1 fully saturated rings. The highest BCUT2D eigenvalue weighted by atomic mass is 16.2. The highest BCUT2D eigenvalue weighted by Crippen LogP contribution is 2.28.